The van der Waals surface area contributed by atoms with Gasteiger partial charge in [0.05, 0.1) is 54.6 Å². The summed E-state index contributed by atoms with van der Waals surface area (Å²) in [4.78, 5) is 46.9. The lowest BCUT2D eigenvalue weighted by Crippen LogP contribution is -2.40. The van der Waals surface area contributed by atoms with Crippen LogP contribution in [0.1, 0.15) is 74.6 Å². The zero-order valence-corrected chi connectivity index (χ0v) is 31.7. The molecule has 3 atom stereocenters. The number of amides is 1. The number of nitrogens with two attached hydrogens (primary N) is 1. The van der Waals surface area contributed by atoms with Crippen LogP contribution in [-0.2, 0) is 28.9 Å². The molecule has 5 rings (SSSR count). The average molecular weight is 747 g/mol. The number of likely N-dealkylation sites (tertiary alicyclic amines) is 1. The van der Waals surface area contributed by atoms with Crippen LogP contribution in [0.25, 0.3) is 10.8 Å². The maximum Gasteiger partial charge on any atom is 0.337 e. The van der Waals surface area contributed by atoms with E-state index in [0.29, 0.717) is 35.2 Å². The molecular weight excluding hydrogens is 701 g/mol. The number of methoxy groups -OCH3 is 2. The molecule has 1 aromatic heterocycles. The number of rotatable bonds is 13. The summed E-state index contributed by atoms with van der Waals surface area (Å²) in [5.41, 5.74) is 7.39. The number of pyridine rings is 1. The lowest BCUT2D eigenvalue weighted by atomic mass is 9.92. The summed E-state index contributed by atoms with van der Waals surface area (Å²) < 4.78 is 49.8. The highest BCUT2D eigenvalue weighted by atomic mass is 32.2. The predicted octanol–water partition coefficient (Wildman–Crippen LogP) is 5.89. The lowest BCUT2D eigenvalue weighted by molar-refractivity contribution is -0.147. The Bertz CT molecular complexity index is 2120. The molecule has 0 spiro atoms. The zero-order valence-electron chi connectivity index (χ0n) is 30.9. The second-order valence-corrected chi connectivity index (χ2v) is 15.7. The smallest absolute Gasteiger partial charge is 0.337 e. The van der Waals surface area contributed by atoms with Gasteiger partial charge in [0, 0.05) is 23.8 Å². The number of sulfone groups is 1. The molecule has 1 fully saturated rings. The third-order valence-corrected chi connectivity index (χ3v) is 11.4. The van der Waals surface area contributed by atoms with E-state index >= 15 is 4.79 Å². The van der Waals surface area contributed by atoms with E-state index in [0.717, 1.165) is 10.8 Å². The standard InChI is InChI=1S/C39H46N4O9S/c1-8-51-32-21-25(9-13-31(32)52-22(2)3)34(42-27-11-12-28-24(19-27)15-17-41-36(28)40)37(44)43-18-16-29(39(46)50-7)35(43)30-20-26(38(45)49-6)10-14-33(30)53(47,48)23(4)5/h9-15,17,19-23,29,34-35,42H,8,16,18H2,1-7H3,(H2,40,41)/t29-,34?,35-/m0/s1. The Morgan fingerprint density at radius 3 is 2.38 bits per heavy atom. The highest BCUT2D eigenvalue weighted by Gasteiger charge is 2.47. The minimum Gasteiger partial charge on any atom is -0.490 e. The molecule has 4 aromatic rings. The first-order valence-corrected chi connectivity index (χ1v) is 18.9. The van der Waals surface area contributed by atoms with Gasteiger partial charge in [-0.05, 0) is 112 Å². The molecule has 53 heavy (non-hydrogen) atoms. The van der Waals surface area contributed by atoms with Crippen molar-refractivity contribution in [2.45, 2.75) is 69.4 Å². The van der Waals surface area contributed by atoms with Crippen LogP contribution in [0.4, 0.5) is 11.5 Å². The van der Waals surface area contributed by atoms with E-state index in [-0.39, 0.29) is 35.1 Å². The number of hydrogen-bond donors (Lipinski definition) is 2. The Hall–Kier alpha value is -5.37. The van der Waals surface area contributed by atoms with Gasteiger partial charge in [-0.25, -0.2) is 18.2 Å². The van der Waals surface area contributed by atoms with Gasteiger partial charge in [-0.3, -0.25) is 9.59 Å². The second kappa shape index (κ2) is 16.1. The van der Waals surface area contributed by atoms with Gasteiger partial charge in [-0.15, -0.1) is 0 Å². The average Bonchev–Trinajstić information content (AvgIpc) is 3.58. The number of ether oxygens (including phenoxy) is 4. The van der Waals surface area contributed by atoms with Crippen molar-refractivity contribution in [3.63, 3.8) is 0 Å². The normalized spacial score (nSPS) is 16.4. The number of carbonyl (C=O) groups excluding carboxylic acids is 3. The van der Waals surface area contributed by atoms with Crippen LogP contribution in [0.3, 0.4) is 0 Å². The van der Waals surface area contributed by atoms with Crippen LogP contribution in [0.15, 0.2) is 71.8 Å². The van der Waals surface area contributed by atoms with Crippen LogP contribution in [0.5, 0.6) is 11.5 Å². The Labute approximate surface area is 309 Å². The summed E-state index contributed by atoms with van der Waals surface area (Å²) in [7, 11) is -1.52. The number of aromatic nitrogens is 1. The van der Waals surface area contributed by atoms with Gasteiger partial charge >= 0.3 is 11.9 Å². The van der Waals surface area contributed by atoms with Crippen LogP contribution < -0.4 is 20.5 Å². The molecule has 0 aliphatic carbocycles. The van der Waals surface area contributed by atoms with Crippen molar-refractivity contribution in [2.75, 3.05) is 38.4 Å². The van der Waals surface area contributed by atoms with Crippen molar-refractivity contribution in [2.24, 2.45) is 5.92 Å². The molecule has 1 amide bonds. The van der Waals surface area contributed by atoms with E-state index in [1.54, 1.807) is 56.4 Å². The molecule has 14 heteroatoms. The Morgan fingerprint density at radius 2 is 1.72 bits per heavy atom. The van der Waals surface area contributed by atoms with E-state index in [1.165, 1.54) is 37.3 Å². The third kappa shape index (κ3) is 8.02. The van der Waals surface area contributed by atoms with Crippen LogP contribution in [-0.4, -0.2) is 74.9 Å². The molecule has 0 radical (unpaired) electrons. The highest BCUT2D eigenvalue weighted by molar-refractivity contribution is 7.92. The molecule has 2 heterocycles. The van der Waals surface area contributed by atoms with Crippen LogP contribution >= 0.6 is 0 Å². The minimum absolute atomic E-state index is 0.0646. The first-order chi connectivity index (χ1) is 25.2. The molecular formula is C39H46N4O9S. The van der Waals surface area contributed by atoms with Gasteiger partial charge in [-0.2, -0.15) is 0 Å². The summed E-state index contributed by atoms with van der Waals surface area (Å²) in [6, 6.07) is 14.4. The molecule has 0 saturated carbocycles. The lowest BCUT2D eigenvalue weighted by Gasteiger charge is -2.33. The first kappa shape index (κ1) is 38.9. The van der Waals surface area contributed by atoms with Crippen molar-refractivity contribution >= 4 is 50.0 Å². The number of anilines is 2. The quantitative estimate of drug-likeness (QED) is 0.156. The molecule has 1 saturated heterocycles. The molecule has 13 nitrogen and oxygen atoms in total. The number of hydrogen-bond acceptors (Lipinski definition) is 12. The van der Waals surface area contributed by atoms with E-state index < -0.39 is 50.9 Å². The van der Waals surface area contributed by atoms with Crippen LogP contribution in [0, 0.1) is 5.92 Å². The second-order valence-electron chi connectivity index (χ2n) is 13.2. The minimum atomic E-state index is -3.97. The number of benzene rings is 3. The number of nitrogen functional groups attached to an aromatic ring is 1. The van der Waals surface area contributed by atoms with Crippen molar-refractivity contribution in [1.82, 2.24) is 9.88 Å². The predicted molar refractivity (Wildman–Crippen MR) is 201 cm³/mol. The van der Waals surface area contributed by atoms with Crippen molar-refractivity contribution in [3.05, 3.63) is 83.6 Å². The summed E-state index contributed by atoms with van der Waals surface area (Å²) in [6.07, 6.45) is 1.62. The van der Waals surface area contributed by atoms with Gasteiger partial charge < -0.3 is 34.9 Å². The van der Waals surface area contributed by atoms with Crippen molar-refractivity contribution in [1.29, 1.82) is 0 Å². The van der Waals surface area contributed by atoms with Gasteiger partial charge in [0.2, 0.25) is 5.91 Å². The van der Waals surface area contributed by atoms with E-state index in [4.69, 9.17) is 24.7 Å². The Balaban J connectivity index is 1.71. The Morgan fingerprint density at radius 1 is 0.962 bits per heavy atom. The summed E-state index contributed by atoms with van der Waals surface area (Å²) in [5.74, 6) is -1.46. The summed E-state index contributed by atoms with van der Waals surface area (Å²) >= 11 is 0. The van der Waals surface area contributed by atoms with Crippen molar-refractivity contribution in [3.8, 4) is 11.5 Å². The fraction of sp³-hybridized carbons (Fsp3) is 0.385. The molecule has 3 N–H and O–H groups in total. The summed E-state index contributed by atoms with van der Waals surface area (Å²) in [6.45, 7) is 9.13. The molecule has 3 aromatic carbocycles. The highest BCUT2D eigenvalue weighted by Crippen LogP contribution is 2.44. The number of nitrogens with zero attached hydrogens (tertiary/aromatic N) is 2. The molecule has 0 bridgehead atoms. The number of fused-ring (bicyclic) bond motifs is 1. The summed E-state index contributed by atoms with van der Waals surface area (Å²) in [5, 5.41) is 4.07. The van der Waals surface area contributed by atoms with E-state index in [2.05, 4.69) is 10.3 Å². The van der Waals surface area contributed by atoms with Gasteiger partial charge in [0.1, 0.15) is 11.9 Å². The monoisotopic (exact) mass is 746 g/mol. The largest absolute Gasteiger partial charge is 0.490 e. The van der Waals surface area contributed by atoms with E-state index in [9.17, 15) is 18.0 Å². The van der Waals surface area contributed by atoms with Gasteiger partial charge in [0.25, 0.3) is 0 Å². The van der Waals surface area contributed by atoms with Gasteiger partial charge in [0.15, 0.2) is 21.3 Å². The third-order valence-electron chi connectivity index (χ3n) is 9.18. The first-order valence-electron chi connectivity index (χ1n) is 17.4. The molecule has 282 valence electrons. The number of nitrogens with one attached hydrogen (secondary N) is 1. The topological polar surface area (TPSA) is 176 Å². The molecule has 1 unspecified atom stereocenters. The molecule has 1 aliphatic rings. The number of carbonyl (C=O) groups is 3. The maximum absolute atomic E-state index is 15.2. The molecule has 1 aliphatic heterocycles. The number of esters is 2. The van der Waals surface area contributed by atoms with Crippen molar-refractivity contribution < 1.29 is 41.7 Å². The SMILES string of the molecule is CCOc1cc(C(Nc2ccc3c(N)nccc3c2)C(=O)N2CC[C@H](C(=O)OC)[C@H]2c2cc(C(=O)OC)ccc2S(=O)(=O)C(C)C)ccc1OC(C)C. The van der Waals surface area contributed by atoms with Crippen LogP contribution in [0.2, 0.25) is 0 Å². The van der Waals surface area contributed by atoms with Gasteiger partial charge in [-0.1, -0.05) is 6.07 Å². The fourth-order valence-corrected chi connectivity index (χ4v) is 7.87. The Kier molecular flexibility index (Phi) is 11.8. The maximum atomic E-state index is 15.2. The fourth-order valence-electron chi connectivity index (χ4n) is 6.59. The van der Waals surface area contributed by atoms with E-state index in [1.807, 2.05) is 26.8 Å². The zero-order chi connectivity index (χ0) is 38.6.